The van der Waals surface area contributed by atoms with Crippen LogP contribution in [0.3, 0.4) is 0 Å². The van der Waals surface area contributed by atoms with Crippen LogP contribution in [-0.2, 0) is 18.0 Å². The van der Waals surface area contributed by atoms with Crippen molar-refractivity contribution in [3.8, 4) is 5.75 Å². The molecule has 9 heteroatoms. The molecule has 0 atom stereocenters. The molecule has 0 saturated carbocycles. The van der Waals surface area contributed by atoms with Crippen molar-refractivity contribution in [1.29, 1.82) is 0 Å². The van der Waals surface area contributed by atoms with Gasteiger partial charge >= 0.3 is 0 Å². The molecule has 2 rings (SSSR count). The van der Waals surface area contributed by atoms with Gasteiger partial charge in [0.1, 0.15) is 12.5 Å². The number of benzene rings is 1. The summed E-state index contributed by atoms with van der Waals surface area (Å²) in [6.07, 6.45) is 3.51. The number of aromatic nitrogens is 2. The Morgan fingerprint density at radius 3 is 2.58 bits per heavy atom. The van der Waals surface area contributed by atoms with Crippen LogP contribution in [0.2, 0.25) is 5.02 Å². The van der Waals surface area contributed by atoms with Gasteiger partial charge in [-0.05, 0) is 29.5 Å². The Morgan fingerprint density at radius 2 is 1.92 bits per heavy atom. The highest BCUT2D eigenvalue weighted by atomic mass is 35.5. The summed E-state index contributed by atoms with van der Waals surface area (Å²) in [5.41, 5.74) is 1.48. The van der Waals surface area contributed by atoms with Crippen LogP contribution in [0.5, 0.6) is 5.75 Å². The predicted octanol–water partition coefficient (Wildman–Crippen LogP) is 4.86. The highest BCUT2D eigenvalue weighted by molar-refractivity contribution is 7.97. The number of unbranched alkanes of at least 4 members (excludes halogenated alkanes) is 1. The van der Waals surface area contributed by atoms with Gasteiger partial charge in [0.25, 0.3) is 5.56 Å². The summed E-state index contributed by atoms with van der Waals surface area (Å²) in [7, 11) is 0. The van der Waals surface area contributed by atoms with Crippen LogP contribution in [0, 0.1) is 0 Å². The number of halogens is 2. The van der Waals surface area contributed by atoms with E-state index in [1.165, 1.54) is 22.2 Å². The molecular formula is C17H20ClFN2O3S2. The molecule has 5 nitrogen and oxygen atoms in total. The van der Waals surface area contributed by atoms with Crippen LogP contribution in [0.15, 0.2) is 35.3 Å². The SMILES string of the molecule is CCCCSn1ncc(OCc2ccc(COCSF)cc2)c(Cl)c1=O. The first kappa shape index (κ1) is 21.1. The molecule has 26 heavy (non-hydrogen) atoms. The minimum Gasteiger partial charge on any atom is -0.485 e. The maximum atomic E-state index is 12.2. The van der Waals surface area contributed by atoms with Gasteiger partial charge in [-0.3, -0.25) is 4.79 Å². The van der Waals surface area contributed by atoms with Crippen LogP contribution in [0.4, 0.5) is 3.89 Å². The number of nitrogens with zero attached hydrogens (tertiary/aromatic N) is 2. The summed E-state index contributed by atoms with van der Waals surface area (Å²) in [5.74, 6) is 1.08. The van der Waals surface area contributed by atoms with Crippen molar-refractivity contribution in [2.75, 3.05) is 11.7 Å². The van der Waals surface area contributed by atoms with E-state index in [4.69, 9.17) is 21.1 Å². The molecule has 1 aromatic heterocycles. The van der Waals surface area contributed by atoms with E-state index in [-0.39, 0.29) is 41.0 Å². The van der Waals surface area contributed by atoms with Gasteiger partial charge in [0.15, 0.2) is 10.8 Å². The Kier molecular flexibility index (Phi) is 9.31. The smallest absolute Gasteiger partial charge is 0.299 e. The topological polar surface area (TPSA) is 53.4 Å². The normalized spacial score (nSPS) is 10.9. The van der Waals surface area contributed by atoms with Crippen molar-refractivity contribution >= 4 is 35.7 Å². The lowest BCUT2D eigenvalue weighted by atomic mass is 10.1. The van der Waals surface area contributed by atoms with Crippen molar-refractivity contribution < 1.29 is 13.4 Å². The van der Waals surface area contributed by atoms with Gasteiger partial charge in [-0.1, -0.05) is 49.2 Å². The molecule has 1 aromatic carbocycles. The first-order valence-electron chi connectivity index (χ1n) is 8.08. The lowest BCUT2D eigenvalue weighted by molar-refractivity contribution is 0.167. The van der Waals surface area contributed by atoms with Crippen molar-refractivity contribution in [3.63, 3.8) is 0 Å². The standard InChI is InChI=1S/C17H20ClFN2O3S2/c1-2-3-8-26-21-17(22)16(18)15(9-20-21)24-11-14-6-4-13(5-7-14)10-23-12-25-19/h4-7,9H,2-3,8,10-12H2,1H3. The zero-order valence-corrected chi connectivity index (χ0v) is 16.7. The summed E-state index contributed by atoms with van der Waals surface area (Å²) in [4.78, 5) is 12.2. The Labute approximate surface area is 165 Å². The third kappa shape index (κ3) is 6.50. The van der Waals surface area contributed by atoms with E-state index in [1.54, 1.807) is 0 Å². The van der Waals surface area contributed by atoms with Gasteiger partial charge in [0.05, 0.1) is 25.0 Å². The fourth-order valence-electron chi connectivity index (χ4n) is 1.98. The zero-order chi connectivity index (χ0) is 18.8. The minimum atomic E-state index is -0.372. The molecule has 0 aliphatic carbocycles. The van der Waals surface area contributed by atoms with Gasteiger partial charge in [0.2, 0.25) is 0 Å². The van der Waals surface area contributed by atoms with Crippen LogP contribution >= 0.6 is 35.7 Å². The van der Waals surface area contributed by atoms with E-state index in [0.717, 1.165) is 29.7 Å². The maximum Gasteiger partial charge on any atom is 0.299 e. The monoisotopic (exact) mass is 418 g/mol. The lowest BCUT2D eigenvalue weighted by Gasteiger charge is -2.10. The fraction of sp³-hybridized carbons (Fsp3) is 0.412. The average Bonchev–Trinajstić information content (AvgIpc) is 2.66. The van der Waals surface area contributed by atoms with Crippen molar-refractivity contribution in [2.45, 2.75) is 33.0 Å². The summed E-state index contributed by atoms with van der Waals surface area (Å²) in [5, 5.41) is 4.11. The number of ether oxygens (including phenoxy) is 2. The van der Waals surface area contributed by atoms with Crippen molar-refractivity contribution in [2.24, 2.45) is 0 Å². The quantitative estimate of drug-likeness (QED) is 0.383. The van der Waals surface area contributed by atoms with E-state index in [1.807, 2.05) is 24.3 Å². The molecule has 1 heterocycles. The number of hydrogen-bond donors (Lipinski definition) is 0. The Hall–Kier alpha value is -1.22. The van der Waals surface area contributed by atoms with E-state index in [9.17, 15) is 8.68 Å². The molecule has 0 unspecified atom stereocenters. The van der Waals surface area contributed by atoms with E-state index >= 15 is 0 Å². The fourth-order valence-corrected chi connectivity index (χ4v) is 3.27. The highest BCUT2D eigenvalue weighted by Crippen LogP contribution is 2.21. The second-order valence-electron chi connectivity index (χ2n) is 5.37. The largest absolute Gasteiger partial charge is 0.485 e. The average molecular weight is 419 g/mol. The summed E-state index contributed by atoms with van der Waals surface area (Å²) in [6.45, 7) is 2.69. The minimum absolute atomic E-state index is 0.0125. The predicted molar refractivity (Wildman–Crippen MR) is 105 cm³/mol. The van der Waals surface area contributed by atoms with Gasteiger partial charge in [-0.2, -0.15) is 13.1 Å². The molecule has 0 fully saturated rings. The zero-order valence-electron chi connectivity index (χ0n) is 14.3. The molecule has 0 saturated heterocycles. The van der Waals surface area contributed by atoms with Crippen LogP contribution in [-0.4, -0.2) is 20.9 Å². The molecule has 2 aromatic rings. The third-order valence-electron chi connectivity index (χ3n) is 3.38. The van der Waals surface area contributed by atoms with Gasteiger partial charge in [-0.15, -0.1) is 0 Å². The molecular weight excluding hydrogens is 399 g/mol. The first-order chi connectivity index (χ1) is 12.7. The molecule has 0 bridgehead atoms. The maximum absolute atomic E-state index is 12.2. The Balaban J connectivity index is 1.92. The molecule has 0 amide bonds. The second kappa shape index (κ2) is 11.5. The Morgan fingerprint density at radius 1 is 1.23 bits per heavy atom. The summed E-state index contributed by atoms with van der Waals surface area (Å²) >= 11 is 7.60. The molecule has 0 aliphatic rings. The van der Waals surface area contributed by atoms with E-state index < -0.39 is 0 Å². The molecule has 0 spiro atoms. The van der Waals surface area contributed by atoms with Crippen molar-refractivity contribution in [1.82, 2.24) is 9.19 Å². The second-order valence-corrected chi connectivity index (χ2v) is 7.21. The van der Waals surface area contributed by atoms with Crippen LogP contribution in [0.1, 0.15) is 30.9 Å². The van der Waals surface area contributed by atoms with Crippen molar-refractivity contribution in [3.05, 3.63) is 57.0 Å². The van der Waals surface area contributed by atoms with E-state index in [0.29, 0.717) is 6.61 Å². The van der Waals surface area contributed by atoms with Crippen LogP contribution in [0.25, 0.3) is 0 Å². The molecule has 0 aliphatic heterocycles. The van der Waals surface area contributed by atoms with Gasteiger partial charge in [-0.25, -0.2) is 0 Å². The molecule has 0 radical (unpaired) electrons. The summed E-state index contributed by atoms with van der Waals surface area (Å²) in [6, 6.07) is 7.52. The van der Waals surface area contributed by atoms with Crippen LogP contribution < -0.4 is 10.3 Å². The first-order valence-corrected chi connectivity index (χ1v) is 10.3. The molecule has 0 N–H and O–H groups in total. The number of hydrogen-bond acceptors (Lipinski definition) is 6. The highest BCUT2D eigenvalue weighted by Gasteiger charge is 2.11. The lowest BCUT2D eigenvalue weighted by Crippen LogP contribution is -2.19. The third-order valence-corrected chi connectivity index (χ3v) is 4.96. The summed E-state index contributed by atoms with van der Waals surface area (Å²) < 4.78 is 23.9. The van der Waals surface area contributed by atoms with Gasteiger partial charge < -0.3 is 9.47 Å². The molecule has 142 valence electrons. The van der Waals surface area contributed by atoms with E-state index in [2.05, 4.69) is 12.0 Å². The Bertz CT molecular complexity index is 744. The van der Waals surface area contributed by atoms with Gasteiger partial charge in [0, 0.05) is 5.75 Å². The number of rotatable bonds is 11.